The van der Waals surface area contributed by atoms with Crippen molar-refractivity contribution < 1.29 is 4.79 Å². The third-order valence-electron chi connectivity index (χ3n) is 4.80. The molecule has 1 saturated carbocycles. The first kappa shape index (κ1) is 15.5. The van der Waals surface area contributed by atoms with Crippen LogP contribution in [0.3, 0.4) is 0 Å². The average Bonchev–Trinajstić information content (AvgIpc) is 2.42. The normalized spacial score (nSPS) is 17.8. The molecule has 1 amide bonds. The van der Waals surface area contributed by atoms with E-state index in [-0.39, 0.29) is 11.3 Å². The van der Waals surface area contributed by atoms with Crippen molar-refractivity contribution in [2.24, 2.45) is 17.1 Å². The van der Waals surface area contributed by atoms with E-state index < -0.39 is 0 Å². The Morgan fingerprint density at radius 3 is 2.22 bits per heavy atom. The second-order valence-electron chi connectivity index (χ2n) is 5.88. The Morgan fingerprint density at radius 1 is 1.22 bits per heavy atom. The fraction of sp³-hybridized carbons (Fsp3) is 0.933. The second-order valence-corrected chi connectivity index (χ2v) is 5.88. The van der Waals surface area contributed by atoms with Gasteiger partial charge in [0.15, 0.2) is 0 Å². The number of carbonyl (C=O) groups excluding carboxylic acids is 1. The maximum atomic E-state index is 12.6. The van der Waals surface area contributed by atoms with Crippen molar-refractivity contribution in [3.05, 3.63) is 0 Å². The predicted octanol–water partition coefficient (Wildman–Crippen LogP) is 2.79. The minimum atomic E-state index is -0.330. The Kier molecular flexibility index (Phi) is 6.13. The molecule has 3 heteroatoms. The minimum Gasteiger partial charge on any atom is -0.345 e. The van der Waals surface area contributed by atoms with Gasteiger partial charge in [-0.1, -0.05) is 33.1 Å². The Bertz CT molecular complexity index is 247. The van der Waals surface area contributed by atoms with E-state index in [0.717, 1.165) is 19.4 Å². The van der Waals surface area contributed by atoms with Gasteiger partial charge in [-0.05, 0) is 31.6 Å². The molecule has 0 saturated heterocycles. The van der Waals surface area contributed by atoms with Crippen LogP contribution >= 0.6 is 0 Å². The summed E-state index contributed by atoms with van der Waals surface area (Å²) in [5, 5.41) is 0. The van der Waals surface area contributed by atoms with Gasteiger partial charge in [0.25, 0.3) is 0 Å². The van der Waals surface area contributed by atoms with Crippen LogP contribution in [0.1, 0.15) is 58.8 Å². The van der Waals surface area contributed by atoms with Crippen molar-refractivity contribution in [3.8, 4) is 0 Å². The molecule has 0 unspecified atom stereocenters. The van der Waals surface area contributed by atoms with Crippen molar-refractivity contribution in [2.45, 2.75) is 58.8 Å². The van der Waals surface area contributed by atoms with Gasteiger partial charge in [0, 0.05) is 20.1 Å². The highest BCUT2D eigenvalue weighted by atomic mass is 16.2. The van der Waals surface area contributed by atoms with Gasteiger partial charge in [0.1, 0.15) is 0 Å². The molecular formula is C15H30N2O. The molecule has 0 aromatic carbocycles. The van der Waals surface area contributed by atoms with Crippen LogP contribution in [-0.4, -0.2) is 30.9 Å². The molecule has 0 bridgehead atoms. The third-order valence-corrected chi connectivity index (χ3v) is 4.80. The molecule has 106 valence electrons. The summed E-state index contributed by atoms with van der Waals surface area (Å²) in [6.07, 6.45) is 8.27. The Morgan fingerprint density at radius 2 is 1.78 bits per heavy atom. The molecule has 0 atom stereocenters. The molecule has 0 aromatic rings. The van der Waals surface area contributed by atoms with E-state index in [1.807, 2.05) is 11.9 Å². The summed E-state index contributed by atoms with van der Waals surface area (Å²) in [6.45, 7) is 5.53. The molecule has 0 spiro atoms. The van der Waals surface area contributed by atoms with Gasteiger partial charge in [0.05, 0.1) is 5.41 Å². The molecule has 1 aliphatic carbocycles. The molecule has 1 aliphatic rings. The van der Waals surface area contributed by atoms with E-state index in [2.05, 4.69) is 13.8 Å². The van der Waals surface area contributed by atoms with E-state index in [1.165, 1.54) is 32.1 Å². The highest BCUT2D eigenvalue weighted by Gasteiger charge is 2.36. The van der Waals surface area contributed by atoms with Gasteiger partial charge >= 0.3 is 0 Å². The monoisotopic (exact) mass is 254 g/mol. The maximum Gasteiger partial charge on any atom is 0.229 e. The number of nitrogens with zero attached hydrogens (tertiary/aromatic N) is 1. The number of hydrogen-bond acceptors (Lipinski definition) is 2. The fourth-order valence-corrected chi connectivity index (χ4v) is 3.17. The molecule has 3 nitrogen and oxygen atoms in total. The van der Waals surface area contributed by atoms with Crippen LogP contribution in [0.5, 0.6) is 0 Å². The molecule has 1 fully saturated rings. The van der Waals surface area contributed by atoms with Crippen LogP contribution in [0.2, 0.25) is 0 Å². The lowest BCUT2D eigenvalue weighted by atomic mass is 9.80. The van der Waals surface area contributed by atoms with Crippen LogP contribution in [0.25, 0.3) is 0 Å². The van der Waals surface area contributed by atoms with Crippen LogP contribution in [-0.2, 0) is 4.79 Å². The van der Waals surface area contributed by atoms with Gasteiger partial charge in [0.2, 0.25) is 5.91 Å². The lowest BCUT2D eigenvalue weighted by molar-refractivity contribution is -0.141. The van der Waals surface area contributed by atoms with Gasteiger partial charge in [-0.15, -0.1) is 0 Å². The molecular weight excluding hydrogens is 224 g/mol. The first-order valence-corrected chi connectivity index (χ1v) is 7.55. The van der Waals surface area contributed by atoms with Gasteiger partial charge in [-0.25, -0.2) is 0 Å². The number of carbonyl (C=O) groups is 1. The predicted molar refractivity (Wildman–Crippen MR) is 76.3 cm³/mol. The molecule has 0 aliphatic heterocycles. The van der Waals surface area contributed by atoms with E-state index >= 15 is 0 Å². The first-order chi connectivity index (χ1) is 8.59. The molecule has 0 radical (unpaired) electrons. The number of nitrogens with two attached hydrogens (primary N) is 1. The Hall–Kier alpha value is -0.570. The first-order valence-electron chi connectivity index (χ1n) is 7.55. The zero-order chi connectivity index (χ0) is 13.6. The van der Waals surface area contributed by atoms with E-state index in [1.54, 1.807) is 0 Å². The Balaban J connectivity index is 2.58. The molecule has 0 aromatic heterocycles. The summed E-state index contributed by atoms with van der Waals surface area (Å²) in [7, 11) is 1.95. The van der Waals surface area contributed by atoms with Crippen molar-refractivity contribution in [1.82, 2.24) is 4.90 Å². The molecule has 18 heavy (non-hydrogen) atoms. The smallest absolute Gasteiger partial charge is 0.229 e. The fourth-order valence-electron chi connectivity index (χ4n) is 3.17. The standard InChI is InChI=1S/C15H30N2O/c1-4-15(5-2,12-16)14(18)17(3)11-13-9-7-6-8-10-13/h13H,4-12,16H2,1-3H3. The van der Waals surface area contributed by atoms with Crippen LogP contribution in [0.4, 0.5) is 0 Å². The molecule has 1 rings (SSSR count). The highest BCUT2D eigenvalue weighted by Crippen LogP contribution is 2.29. The van der Waals surface area contributed by atoms with Gasteiger partial charge < -0.3 is 10.6 Å². The topological polar surface area (TPSA) is 46.3 Å². The number of amides is 1. The maximum absolute atomic E-state index is 12.6. The summed E-state index contributed by atoms with van der Waals surface area (Å²) in [4.78, 5) is 14.5. The number of hydrogen-bond donors (Lipinski definition) is 1. The summed E-state index contributed by atoms with van der Waals surface area (Å²) in [5.41, 5.74) is 5.52. The van der Waals surface area contributed by atoms with Crippen molar-refractivity contribution in [3.63, 3.8) is 0 Å². The van der Waals surface area contributed by atoms with Gasteiger partial charge in [-0.3, -0.25) is 4.79 Å². The summed E-state index contributed by atoms with van der Waals surface area (Å²) in [6, 6.07) is 0. The zero-order valence-electron chi connectivity index (χ0n) is 12.4. The van der Waals surface area contributed by atoms with Crippen LogP contribution in [0.15, 0.2) is 0 Å². The van der Waals surface area contributed by atoms with Crippen molar-refractivity contribution in [1.29, 1.82) is 0 Å². The average molecular weight is 254 g/mol. The van der Waals surface area contributed by atoms with Crippen LogP contribution in [0, 0.1) is 11.3 Å². The van der Waals surface area contributed by atoms with Crippen LogP contribution < -0.4 is 5.73 Å². The minimum absolute atomic E-state index is 0.251. The van der Waals surface area contributed by atoms with Crippen molar-refractivity contribution >= 4 is 5.91 Å². The van der Waals surface area contributed by atoms with E-state index in [9.17, 15) is 4.79 Å². The lowest BCUT2D eigenvalue weighted by Gasteiger charge is -2.35. The molecule has 0 heterocycles. The van der Waals surface area contributed by atoms with E-state index in [4.69, 9.17) is 5.73 Å². The third kappa shape index (κ3) is 3.47. The zero-order valence-corrected chi connectivity index (χ0v) is 12.4. The second kappa shape index (κ2) is 7.13. The Labute approximate surface area is 112 Å². The summed E-state index contributed by atoms with van der Waals surface area (Å²) < 4.78 is 0. The van der Waals surface area contributed by atoms with E-state index in [0.29, 0.717) is 12.5 Å². The SMILES string of the molecule is CCC(CC)(CN)C(=O)N(C)CC1CCCCC1. The summed E-state index contributed by atoms with van der Waals surface area (Å²) >= 11 is 0. The van der Waals surface area contributed by atoms with Gasteiger partial charge in [-0.2, -0.15) is 0 Å². The quantitative estimate of drug-likeness (QED) is 0.792. The lowest BCUT2D eigenvalue weighted by Crippen LogP contribution is -2.47. The molecule has 2 N–H and O–H groups in total. The largest absolute Gasteiger partial charge is 0.345 e. The highest BCUT2D eigenvalue weighted by molar-refractivity contribution is 5.82. The number of rotatable bonds is 6. The van der Waals surface area contributed by atoms with Crippen molar-refractivity contribution in [2.75, 3.05) is 20.1 Å². The summed E-state index contributed by atoms with van der Waals surface area (Å²) in [5.74, 6) is 0.956.